The quantitative estimate of drug-likeness (QED) is 0.241. The summed E-state index contributed by atoms with van der Waals surface area (Å²) in [7, 11) is 1.80. The molecule has 1 aliphatic carbocycles. The molecule has 0 unspecified atom stereocenters. The molecule has 3 rings (SSSR count). The van der Waals surface area contributed by atoms with Crippen LogP contribution < -0.4 is 10.6 Å². The smallest absolute Gasteiger partial charge is 0.191 e. The van der Waals surface area contributed by atoms with Gasteiger partial charge in [0.05, 0.1) is 11.4 Å². The second kappa shape index (κ2) is 11.4. The summed E-state index contributed by atoms with van der Waals surface area (Å²) in [6, 6.07) is 10.2. The molecule has 154 valence electrons. The van der Waals surface area contributed by atoms with Crippen LogP contribution in [0.15, 0.2) is 35.3 Å². The summed E-state index contributed by atoms with van der Waals surface area (Å²) in [6.07, 6.45) is 3.67. The molecule has 28 heavy (non-hydrogen) atoms. The zero-order valence-electron chi connectivity index (χ0n) is 17.1. The van der Waals surface area contributed by atoms with Crippen LogP contribution in [0, 0.1) is 19.8 Å². The zero-order valence-corrected chi connectivity index (χ0v) is 19.4. The van der Waals surface area contributed by atoms with E-state index < -0.39 is 0 Å². The van der Waals surface area contributed by atoms with Gasteiger partial charge in [0.2, 0.25) is 0 Å². The van der Waals surface area contributed by atoms with Gasteiger partial charge in [-0.3, -0.25) is 4.99 Å². The Morgan fingerprint density at radius 3 is 2.64 bits per heavy atom. The number of hydrogen-bond donors (Lipinski definition) is 2. The van der Waals surface area contributed by atoms with Gasteiger partial charge >= 0.3 is 0 Å². The van der Waals surface area contributed by atoms with E-state index in [2.05, 4.69) is 41.6 Å². The summed E-state index contributed by atoms with van der Waals surface area (Å²) in [6.45, 7) is 7.45. The summed E-state index contributed by atoms with van der Waals surface area (Å²) in [5.41, 5.74) is 4.47. The highest BCUT2D eigenvalue weighted by atomic mass is 127. The molecule has 2 aromatic rings. The van der Waals surface area contributed by atoms with Crippen LogP contribution in [0.3, 0.4) is 0 Å². The van der Waals surface area contributed by atoms with Crippen molar-refractivity contribution in [2.75, 3.05) is 26.8 Å². The number of halogens is 1. The average Bonchev–Trinajstić information content (AvgIpc) is 3.47. The van der Waals surface area contributed by atoms with Crippen molar-refractivity contribution in [3.05, 3.63) is 47.3 Å². The van der Waals surface area contributed by atoms with Gasteiger partial charge in [-0.2, -0.15) is 5.10 Å². The molecule has 1 aromatic heterocycles. The molecule has 6 nitrogen and oxygen atoms in total. The van der Waals surface area contributed by atoms with Gasteiger partial charge < -0.3 is 15.4 Å². The number of nitrogens with zero attached hydrogens (tertiary/aromatic N) is 3. The highest BCUT2D eigenvalue weighted by Gasteiger charge is 2.20. The van der Waals surface area contributed by atoms with Crippen molar-refractivity contribution in [2.24, 2.45) is 10.9 Å². The number of aromatic nitrogens is 2. The van der Waals surface area contributed by atoms with E-state index in [1.54, 1.807) is 7.05 Å². The molecular weight excluding hydrogens is 465 g/mol. The van der Waals surface area contributed by atoms with E-state index in [-0.39, 0.29) is 24.0 Å². The molecule has 0 bridgehead atoms. The molecule has 0 spiro atoms. The van der Waals surface area contributed by atoms with Gasteiger partial charge in [-0.15, -0.1) is 24.0 Å². The Labute approximate surface area is 185 Å². The standard InChI is InChI=1S/C21H31N5O.HI/c1-16-20(17(2)26(25-16)19-8-5-4-6-9-19)14-24-21(22-3)23-12-7-13-27-15-18-10-11-18;/h4-6,8-9,18H,7,10-15H2,1-3H3,(H2,22,23,24);1H. The van der Waals surface area contributed by atoms with E-state index in [4.69, 9.17) is 9.84 Å². The van der Waals surface area contributed by atoms with Crippen molar-refractivity contribution in [3.8, 4) is 5.69 Å². The number of para-hydroxylation sites is 1. The fraction of sp³-hybridized carbons (Fsp3) is 0.524. The first-order valence-electron chi connectivity index (χ1n) is 9.82. The first kappa shape index (κ1) is 22.7. The third-order valence-corrected chi connectivity index (χ3v) is 4.91. The number of ether oxygens (including phenoxy) is 1. The fourth-order valence-corrected chi connectivity index (χ4v) is 3.06. The minimum atomic E-state index is 0. The van der Waals surface area contributed by atoms with E-state index in [0.717, 1.165) is 55.1 Å². The Hall–Kier alpha value is -1.61. The third-order valence-electron chi connectivity index (χ3n) is 4.91. The van der Waals surface area contributed by atoms with Crippen molar-refractivity contribution in [1.82, 2.24) is 20.4 Å². The van der Waals surface area contributed by atoms with Crippen LogP contribution in [-0.2, 0) is 11.3 Å². The van der Waals surface area contributed by atoms with E-state index in [1.807, 2.05) is 22.9 Å². The number of hydrogen-bond acceptors (Lipinski definition) is 3. The van der Waals surface area contributed by atoms with Crippen LogP contribution in [-0.4, -0.2) is 42.5 Å². The van der Waals surface area contributed by atoms with Gasteiger partial charge in [-0.25, -0.2) is 4.68 Å². The Morgan fingerprint density at radius 1 is 1.21 bits per heavy atom. The highest BCUT2D eigenvalue weighted by molar-refractivity contribution is 14.0. The molecule has 1 saturated carbocycles. The number of guanidine groups is 1. The van der Waals surface area contributed by atoms with E-state index in [1.165, 1.54) is 18.4 Å². The largest absolute Gasteiger partial charge is 0.381 e. The van der Waals surface area contributed by atoms with E-state index >= 15 is 0 Å². The second-order valence-corrected chi connectivity index (χ2v) is 7.12. The minimum Gasteiger partial charge on any atom is -0.381 e. The molecule has 7 heteroatoms. The maximum Gasteiger partial charge on any atom is 0.191 e. The fourth-order valence-electron chi connectivity index (χ4n) is 3.06. The van der Waals surface area contributed by atoms with Crippen molar-refractivity contribution >= 4 is 29.9 Å². The molecule has 0 radical (unpaired) electrons. The normalized spacial score (nSPS) is 13.9. The van der Waals surface area contributed by atoms with Crippen molar-refractivity contribution in [2.45, 2.75) is 39.7 Å². The topological polar surface area (TPSA) is 63.5 Å². The number of benzene rings is 1. The second-order valence-electron chi connectivity index (χ2n) is 7.12. The lowest BCUT2D eigenvalue weighted by molar-refractivity contribution is 0.123. The van der Waals surface area contributed by atoms with Gasteiger partial charge in [0.1, 0.15) is 0 Å². The Bertz CT molecular complexity index is 756. The summed E-state index contributed by atoms with van der Waals surface area (Å²) in [5, 5.41) is 11.4. The van der Waals surface area contributed by atoms with Gasteiger partial charge in [-0.1, -0.05) is 18.2 Å². The molecule has 1 fully saturated rings. The Kier molecular flexibility index (Phi) is 9.24. The maximum atomic E-state index is 5.67. The number of aryl methyl sites for hydroxylation is 1. The molecule has 1 aromatic carbocycles. The van der Waals surface area contributed by atoms with Crippen molar-refractivity contribution in [1.29, 1.82) is 0 Å². The molecule has 0 saturated heterocycles. The molecule has 1 heterocycles. The lowest BCUT2D eigenvalue weighted by atomic mass is 10.2. The summed E-state index contributed by atoms with van der Waals surface area (Å²) < 4.78 is 7.67. The predicted molar refractivity (Wildman–Crippen MR) is 125 cm³/mol. The van der Waals surface area contributed by atoms with E-state index in [9.17, 15) is 0 Å². The Balaban J connectivity index is 0.00000280. The number of rotatable bonds is 9. The highest BCUT2D eigenvalue weighted by Crippen LogP contribution is 2.28. The summed E-state index contributed by atoms with van der Waals surface area (Å²) >= 11 is 0. The van der Waals surface area contributed by atoms with Crippen molar-refractivity contribution in [3.63, 3.8) is 0 Å². The van der Waals surface area contributed by atoms with Crippen LogP contribution in [0.4, 0.5) is 0 Å². The van der Waals surface area contributed by atoms with Crippen LogP contribution in [0.1, 0.15) is 36.2 Å². The maximum absolute atomic E-state index is 5.67. The third kappa shape index (κ3) is 6.48. The van der Waals surface area contributed by atoms with Crippen LogP contribution >= 0.6 is 24.0 Å². The molecule has 0 amide bonds. The monoisotopic (exact) mass is 497 g/mol. The van der Waals surface area contributed by atoms with E-state index in [0.29, 0.717) is 6.54 Å². The van der Waals surface area contributed by atoms with Gasteiger partial charge in [0.15, 0.2) is 5.96 Å². The van der Waals surface area contributed by atoms with Crippen LogP contribution in [0.5, 0.6) is 0 Å². The van der Waals surface area contributed by atoms with Gasteiger partial charge in [-0.05, 0) is 51.2 Å². The van der Waals surface area contributed by atoms with Crippen molar-refractivity contribution < 1.29 is 4.74 Å². The molecule has 2 N–H and O–H groups in total. The zero-order chi connectivity index (χ0) is 19.1. The van der Waals surface area contributed by atoms with Crippen LogP contribution in [0.2, 0.25) is 0 Å². The molecule has 0 aliphatic heterocycles. The first-order valence-corrected chi connectivity index (χ1v) is 9.82. The van der Waals surface area contributed by atoms with Gasteiger partial charge in [0, 0.05) is 44.6 Å². The minimum absolute atomic E-state index is 0. The molecular formula is C21H32IN5O. The first-order chi connectivity index (χ1) is 13.2. The Morgan fingerprint density at radius 2 is 1.96 bits per heavy atom. The SMILES string of the molecule is CN=C(NCCCOCC1CC1)NCc1c(C)nn(-c2ccccc2)c1C.I. The average molecular weight is 497 g/mol. The number of aliphatic imine (C=N–C) groups is 1. The lowest BCUT2D eigenvalue weighted by Gasteiger charge is -2.12. The predicted octanol–water partition coefficient (Wildman–Crippen LogP) is 3.59. The molecule has 0 atom stereocenters. The molecule has 1 aliphatic rings. The lowest BCUT2D eigenvalue weighted by Crippen LogP contribution is -2.37. The summed E-state index contributed by atoms with van der Waals surface area (Å²) in [5.74, 6) is 1.64. The van der Waals surface area contributed by atoms with Crippen LogP contribution in [0.25, 0.3) is 5.69 Å². The number of nitrogens with one attached hydrogen (secondary N) is 2. The summed E-state index contributed by atoms with van der Waals surface area (Å²) in [4.78, 5) is 4.31. The van der Waals surface area contributed by atoms with Gasteiger partial charge in [0.25, 0.3) is 0 Å².